The molecule has 3 amide bonds. The summed E-state index contributed by atoms with van der Waals surface area (Å²) in [5.41, 5.74) is 5.30. The van der Waals surface area contributed by atoms with Gasteiger partial charge in [-0.15, -0.1) is 0 Å². The van der Waals surface area contributed by atoms with Crippen molar-refractivity contribution in [2.24, 2.45) is 11.7 Å². The Balaban J connectivity index is 1.60. The first-order chi connectivity index (χ1) is 8.66. The van der Waals surface area contributed by atoms with E-state index in [0.717, 1.165) is 51.9 Å². The van der Waals surface area contributed by atoms with Crippen LogP contribution in [0.4, 0.5) is 4.79 Å². The number of nitrogens with zero attached hydrogens (tertiary/aromatic N) is 1. The molecule has 0 aromatic heterocycles. The minimum absolute atomic E-state index is 0.0363. The lowest BCUT2D eigenvalue weighted by Gasteiger charge is -2.28. The molecular formula is C12H22N4O2. The van der Waals surface area contributed by atoms with Crippen LogP contribution in [0.2, 0.25) is 0 Å². The predicted octanol–water partition coefficient (Wildman–Crippen LogP) is -0.355. The summed E-state index contributed by atoms with van der Waals surface area (Å²) < 4.78 is 0. The van der Waals surface area contributed by atoms with Crippen molar-refractivity contribution in [2.75, 3.05) is 26.2 Å². The van der Waals surface area contributed by atoms with Crippen LogP contribution in [0.3, 0.4) is 0 Å². The van der Waals surface area contributed by atoms with Crippen molar-refractivity contribution in [3.8, 4) is 0 Å². The number of hydrogen-bond acceptors (Lipinski definition) is 3. The van der Waals surface area contributed by atoms with E-state index in [-0.39, 0.29) is 17.9 Å². The van der Waals surface area contributed by atoms with Crippen molar-refractivity contribution in [1.82, 2.24) is 15.5 Å². The molecule has 0 spiro atoms. The maximum Gasteiger partial charge on any atom is 0.317 e. The van der Waals surface area contributed by atoms with Crippen LogP contribution in [0.15, 0.2) is 0 Å². The minimum atomic E-state index is -0.165. The number of nitrogens with one attached hydrogen (secondary N) is 2. The third kappa shape index (κ3) is 3.35. The Morgan fingerprint density at radius 3 is 2.67 bits per heavy atom. The molecule has 6 heteroatoms. The molecule has 2 aliphatic rings. The maximum absolute atomic E-state index is 11.3. The lowest BCUT2D eigenvalue weighted by atomic mass is 9.85. The quantitative estimate of drug-likeness (QED) is 0.626. The fraction of sp³-hybridized carbons (Fsp3) is 0.833. The lowest BCUT2D eigenvalue weighted by molar-refractivity contribution is -0.122. The van der Waals surface area contributed by atoms with Gasteiger partial charge in [0.05, 0.1) is 0 Å². The molecule has 6 nitrogen and oxygen atoms in total. The molecule has 4 N–H and O–H groups in total. The molecule has 0 radical (unpaired) electrons. The molecule has 1 heterocycles. The van der Waals surface area contributed by atoms with Crippen molar-refractivity contribution < 1.29 is 9.59 Å². The zero-order chi connectivity index (χ0) is 13.0. The molecule has 2 rings (SSSR count). The molecule has 1 saturated heterocycles. The van der Waals surface area contributed by atoms with Gasteiger partial charge < -0.3 is 21.3 Å². The fourth-order valence-electron chi connectivity index (χ4n) is 2.71. The smallest absolute Gasteiger partial charge is 0.317 e. The topological polar surface area (TPSA) is 87.5 Å². The van der Waals surface area contributed by atoms with Crippen molar-refractivity contribution >= 4 is 11.9 Å². The average molecular weight is 254 g/mol. The number of carbonyl (C=O) groups is 2. The van der Waals surface area contributed by atoms with Gasteiger partial charge in [0.1, 0.15) is 0 Å². The summed E-state index contributed by atoms with van der Waals surface area (Å²) in [4.78, 5) is 24.2. The number of amides is 3. The molecule has 102 valence electrons. The van der Waals surface area contributed by atoms with E-state index in [0.29, 0.717) is 6.04 Å². The van der Waals surface area contributed by atoms with Gasteiger partial charge in [-0.05, 0) is 25.7 Å². The number of primary amides is 1. The molecule has 0 bridgehead atoms. The molecule has 18 heavy (non-hydrogen) atoms. The summed E-state index contributed by atoms with van der Waals surface area (Å²) in [5.74, 6) is -0.102. The van der Waals surface area contributed by atoms with Crippen molar-refractivity contribution in [1.29, 1.82) is 0 Å². The van der Waals surface area contributed by atoms with Crippen LogP contribution in [-0.2, 0) is 4.79 Å². The molecule has 1 aliphatic heterocycles. The normalized spacial score (nSPS) is 28.2. The van der Waals surface area contributed by atoms with Crippen molar-refractivity contribution in [2.45, 2.75) is 31.7 Å². The van der Waals surface area contributed by atoms with Crippen molar-refractivity contribution in [3.05, 3.63) is 0 Å². The van der Waals surface area contributed by atoms with E-state index in [1.165, 1.54) is 0 Å². The zero-order valence-corrected chi connectivity index (χ0v) is 10.7. The molecule has 0 unspecified atom stereocenters. The Labute approximate surface area is 107 Å². The van der Waals surface area contributed by atoms with Crippen LogP contribution < -0.4 is 16.4 Å². The van der Waals surface area contributed by atoms with Gasteiger partial charge in [-0.1, -0.05) is 0 Å². The summed E-state index contributed by atoms with van der Waals surface area (Å²) in [6, 6.07) is 0.500. The molecule has 1 aliphatic carbocycles. The van der Waals surface area contributed by atoms with E-state index in [9.17, 15) is 9.59 Å². The second-order valence-corrected chi connectivity index (χ2v) is 5.12. The summed E-state index contributed by atoms with van der Waals surface area (Å²) >= 11 is 0. The highest BCUT2D eigenvalue weighted by Crippen LogP contribution is 2.23. The average Bonchev–Trinajstić information content (AvgIpc) is 2.76. The number of rotatable bonds is 5. The van der Waals surface area contributed by atoms with Gasteiger partial charge in [-0.25, -0.2) is 4.79 Å². The van der Waals surface area contributed by atoms with Gasteiger partial charge in [-0.2, -0.15) is 0 Å². The summed E-state index contributed by atoms with van der Waals surface area (Å²) in [6.07, 6.45) is 3.77. The van der Waals surface area contributed by atoms with Gasteiger partial charge in [0.2, 0.25) is 5.91 Å². The number of nitrogens with two attached hydrogens (primary N) is 1. The Kier molecular flexibility index (Phi) is 4.41. The molecule has 0 atom stereocenters. The maximum atomic E-state index is 11.3. The number of urea groups is 1. The van der Waals surface area contributed by atoms with Gasteiger partial charge in [-0.3, -0.25) is 4.79 Å². The monoisotopic (exact) mass is 254 g/mol. The van der Waals surface area contributed by atoms with E-state index in [4.69, 9.17) is 5.73 Å². The Morgan fingerprint density at radius 1 is 1.39 bits per heavy atom. The molecule has 0 aromatic rings. The lowest BCUT2D eigenvalue weighted by Crippen LogP contribution is -2.41. The predicted molar refractivity (Wildman–Crippen MR) is 67.9 cm³/mol. The highest BCUT2D eigenvalue weighted by Gasteiger charge is 2.24. The largest absolute Gasteiger partial charge is 0.369 e. The minimum Gasteiger partial charge on any atom is -0.369 e. The second kappa shape index (κ2) is 6.04. The first-order valence-corrected chi connectivity index (χ1v) is 6.72. The first-order valence-electron chi connectivity index (χ1n) is 6.72. The highest BCUT2D eigenvalue weighted by atomic mass is 16.2. The fourth-order valence-corrected chi connectivity index (χ4v) is 2.71. The summed E-state index contributed by atoms with van der Waals surface area (Å²) in [6.45, 7) is 3.12. The van der Waals surface area contributed by atoms with Crippen LogP contribution in [0, 0.1) is 5.92 Å². The first kappa shape index (κ1) is 13.1. The zero-order valence-electron chi connectivity index (χ0n) is 10.7. The molecule has 2 fully saturated rings. The van der Waals surface area contributed by atoms with Crippen LogP contribution >= 0.6 is 0 Å². The SMILES string of the molecule is NC(=O)C1CCC(NCCN2CCNC2=O)CC1. The standard InChI is InChI=1S/C12H22N4O2/c13-11(17)9-1-3-10(4-2-9)14-5-7-16-8-6-15-12(16)18/h9-10,14H,1-8H2,(H2,13,17)(H,15,18). The Bertz CT molecular complexity index is 313. The third-order valence-electron chi connectivity index (χ3n) is 3.89. The van der Waals surface area contributed by atoms with Crippen LogP contribution in [0.5, 0.6) is 0 Å². The third-order valence-corrected chi connectivity index (χ3v) is 3.89. The van der Waals surface area contributed by atoms with Gasteiger partial charge >= 0.3 is 6.03 Å². The van der Waals surface area contributed by atoms with Gasteiger partial charge in [0, 0.05) is 38.1 Å². The van der Waals surface area contributed by atoms with E-state index < -0.39 is 0 Å². The van der Waals surface area contributed by atoms with Crippen LogP contribution in [0.25, 0.3) is 0 Å². The van der Waals surface area contributed by atoms with Crippen molar-refractivity contribution in [3.63, 3.8) is 0 Å². The highest BCUT2D eigenvalue weighted by molar-refractivity contribution is 5.76. The molecule has 0 aromatic carbocycles. The summed E-state index contributed by atoms with van der Waals surface area (Å²) in [5, 5.41) is 6.24. The van der Waals surface area contributed by atoms with E-state index in [1.807, 2.05) is 4.90 Å². The molecule has 1 saturated carbocycles. The van der Waals surface area contributed by atoms with Crippen LogP contribution in [-0.4, -0.2) is 49.1 Å². The summed E-state index contributed by atoms with van der Waals surface area (Å²) in [7, 11) is 0. The Morgan fingerprint density at radius 2 is 2.11 bits per heavy atom. The van der Waals surface area contributed by atoms with Gasteiger partial charge in [0.15, 0.2) is 0 Å². The van der Waals surface area contributed by atoms with Gasteiger partial charge in [0.25, 0.3) is 0 Å². The Hall–Kier alpha value is -1.30. The van der Waals surface area contributed by atoms with E-state index in [2.05, 4.69) is 10.6 Å². The van der Waals surface area contributed by atoms with E-state index >= 15 is 0 Å². The van der Waals surface area contributed by atoms with E-state index in [1.54, 1.807) is 0 Å². The van der Waals surface area contributed by atoms with Crippen LogP contribution in [0.1, 0.15) is 25.7 Å². The number of hydrogen-bond donors (Lipinski definition) is 3. The number of carbonyl (C=O) groups excluding carboxylic acids is 2. The second-order valence-electron chi connectivity index (χ2n) is 5.12. The molecular weight excluding hydrogens is 232 g/mol.